The monoisotopic (exact) mass is 543 g/mol. The van der Waals surface area contributed by atoms with Crippen molar-refractivity contribution in [1.29, 1.82) is 0 Å². The predicted octanol–water partition coefficient (Wildman–Crippen LogP) is 4.31. The van der Waals surface area contributed by atoms with Gasteiger partial charge in [0.1, 0.15) is 0 Å². The third kappa shape index (κ3) is 6.20. The third-order valence-corrected chi connectivity index (χ3v) is 6.99. The number of hydrogen-bond donors (Lipinski definition) is 2. The number of rotatable bonds is 10. The largest absolute Gasteiger partial charge is 0.377 e. The zero-order valence-electron chi connectivity index (χ0n) is 20.7. The highest BCUT2D eigenvalue weighted by molar-refractivity contribution is 9.10. The zero-order chi connectivity index (χ0) is 24.9. The highest BCUT2D eigenvalue weighted by atomic mass is 79.9. The second kappa shape index (κ2) is 11.5. The van der Waals surface area contributed by atoms with Crippen molar-refractivity contribution in [2.45, 2.75) is 58.2 Å². The van der Waals surface area contributed by atoms with Gasteiger partial charge in [-0.2, -0.15) is 5.10 Å². The van der Waals surface area contributed by atoms with Crippen LogP contribution >= 0.6 is 15.9 Å². The fourth-order valence-corrected chi connectivity index (χ4v) is 5.22. The molecule has 0 aliphatic heterocycles. The van der Waals surface area contributed by atoms with E-state index in [2.05, 4.69) is 40.9 Å². The Kier molecular flexibility index (Phi) is 8.41. The molecular formula is C26H34BrN5O3. The van der Waals surface area contributed by atoms with E-state index in [1.54, 1.807) is 6.20 Å². The summed E-state index contributed by atoms with van der Waals surface area (Å²) in [6.07, 6.45) is 7.33. The molecule has 35 heavy (non-hydrogen) atoms. The first-order valence-electron chi connectivity index (χ1n) is 12.2. The van der Waals surface area contributed by atoms with Crippen LogP contribution in [0.4, 0.5) is 0 Å². The third-order valence-electron chi connectivity index (χ3n) is 6.54. The molecule has 1 aliphatic carbocycles. The highest BCUT2D eigenvalue weighted by Crippen LogP contribution is 2.33. The first-order valence-corrected chi connectivity index (χ1v) is 13.0. The first-order chi connectivity index (χ1) is 16.8. The number of nitrogens with zero attached hydrogens (tertiary/aromatic N) is 3. The molecule has 0 radical (unpaired) electrons. The Labute approximate surface area is 214 Å². The minimum absolute atomic E-state index is 0.121. The van der Waals surface area contributed by atoms with E-state index in [0.717, 1.165) is 52.4 Å². The molecule has 0 bridgehead atoms. The second-order valence-corrected chi connectivity index (χ2v) is 10.5. The molecule has 0 saturated heterocycles. The lowest BCUT2D eigenvalue weighted by Gasteiger charge is -2.14. The van der Waals surface area contributed by atoms with Crippen LogP contribution in [-0.4, -0.2) is 52.8 Å². The molecule has 0 unspecified atom stereocenters. The topological polar surface area (TPSA) is 92.2 Å². The van der Waals surface area contributed by atoms with Crippen molar-refractivity contribution in [3.63, 3.8) is 0 Å². The summed E-state index contributed by atoms with van der Waals surface area (Å²) in [6.45, 7) is 3.85. The van der Waals surface area contributed by atoms with Crippen molar-refractivity contribution < 1.29 is 9.53 Å². The maximum Gasteiger partial charge on any atom is 0.253 e. The number of pyridine rings is 1. The Bertz CT molecular complexity index is 1240. The second-order valence-electron chi connectivity index (χ2n) is 9.59. The summed E-state index contributed by atoms with van der Waals surface area (Å²) in [5, 5.41) is 8.39. The van der Waals surface area contributed by atoms with Crippen LogP contribution in [0.5, 0.6) is 0 Å². The number of halogens is 1. The molecule has 2 aromatic heterocycles. The van der Waals surface area contributed by atoms with Crippen LogP contribution in [0.2, 0.25) is 0 Å². The minimum atomic E-state index is -0.236. The summed E-state index contributed by atoms with van der Waals surface area (Å²) < 4.78 is 8.71. The number of carbonyl (C=O) groups excluding carboxylic acids is 1. The van der Waals surface area contributed by atoms with Crippen LogP contribution in [0.3, 0.4) is 0 Å². The number of benzene rings is 1. The lowest BCUT2D eigenvalue weighted by Crippen LogP contribution is -2.28. The smallest absolute Gasteiger partial charge is 0.253 e. The molecule has 2 N–H and O–H groups in total. The van der Waals surface area contributed by atoms with Gasteiger partial charge < -0.3 is 19.9 Å². The average molecular weight is 544 g/mol. The number of aromatic amines is 1. The molecule has 1 aromatic carbocycles. The lowest BCUT2D eigenvalue weighted by molar-refractivity contribution is 0.0950. The summed E-state index contributed by atoms with van der Waals surface area (Å²) in [6, 6.07) is 6.13. The first kappa shape index (κ1) is 25.6. The molecule has 3 aromatic rings. The number of ether oxygens (including phenoxy) is 1. The van der Waals surface area contributed by atoms with Gasteiger partial charge in [0.25, 0.3) is 11.5 Å². The normalized spacial score (nSPS) is 14.3. The Morgan fingerprint density at radius 2 is 2.06 bits per heavy atom. The molecule has 9 heteroatoms. The number of aryl methyl sites for hydroxylation is 1. The van der Waals surface area contributed by atoms with Gasteiger partial charge in [0.15, 0.2) is 0 Å². The molecular weight excluding hydrogens is 510 g/mol. The van der Waals surface area contributed by atoms with Gasteiger partial charge in [0.05, 0.1) is 29.9 Å². The molecule has 1 aliphatic rings. The zero-order valence-corrected chi connectivity index (χ0v) is 22.3. The van der Waals surface area contributed by atoms with Crippen LogP contribution in [0.25, 0.3) is 10.9 Å². The number of nitrogens with one attached hydrogen (secondary N) is 2. The van der Waals surface area contributed by atoms with E-state index in [1.807, 2.05) is 39.2 Å². The maximum absolute atomic E-state index is 13.3. The molecule has 0 atom stereocenters. The summed E-state index contributed by atoms with van der Waals surface area (Å²) in [5.41, 5.74) is 3.38. The van der Waals surface area contributed by atoms with Gasteiger partial charge in [-0.3, -0.25) is 14.3 Å². The van der Waals surface area contributed by atoms with Gasteiger partial charge >= 0.3 is 0 Å². The van der Waals surface area contributed by atoms with E-state index < -0.39 is 0 Å². The van der Waals surface area contributed by atoms with E-state index in [1.165, 1.54) is 12.8 Å². The van der Waals surface area contributed by atoms with Crippen LogP contribution in [0.1, 0.15) is 65.3 Å². The summed E-state index contributed by atoms with van der Waals surface area (Å²) >= 11 is 3.56. The van der Waals surface area contributed by atoms with Crippen LogP contribution < -0.4 is 10.9 Å². The van der Waals surface area contributed by atoms with E-state index in [-0.39, 0.29) is 18.0 Å². The van der Waals surface area contributed by atoms with Crippen molar-refractivity contribution in [3.05, 3.63) is 61.6 Å². The molecule has 8 nitrogen and oxygen atoms in total. The Morgan fingerprint density at radius 3 is 2.80 bits per heavy atom. The summed E-state index contributed by atoms with van der Waals surface area (Å²) in [5.74, 6) is -0.236. The SMILES string of the molecule is Cc1cc(COCCCN(C)C)c(CNC(=O)c2cc(Br)cc3c2cnn3C2CCCC2)c(=O)[nH]1. The lowest BCUT2D eigenvalue weighted by atomic mass is 10.1. The molecule has 2 heterocycles. The van der Waals surface area contributed by atoms with Crippen molar-refractivity contribution in [3.8, 4) is 0 Å². The molecule has 1 fully saturated rings. The van der Waals surface area contributed by atoms with Gasteiger partial charge in [-0.1, -0.05) is 28.8 Å². The molecule has 4 rings (SSSR count). The highest BCUT2D eigenvalue weighted by Gasteiger charge is 2.22. The average Bonchev–Trinajstić information content (AvgIpc) is 3.47. The van der Waals surface area contributed by atoms with Crippen LogP contribution in [0, 0.1) is 6.92 Å². The molecule has 188 valence electrons. The Hall–Kier alpha value is -2.49. The minimum Gasteiger partial charge on any atom is -0.377 e. The summed E-state index contributed by atoms with van der Waals surface area (Å²) in [7, 11) is 4.05. The van der Waals surface area contributed by atoms with Crippen molar-refractivity contribution in [2.24, 2.45) is 0 Å². The maximum atomic E-state index is 13.3. The molecule has 0 spiro atoms. The van der Waals surface area contributed by atoms with Gasteiger partial charge in [-0.25, -0.2) is 0 Å². The van der Waals surface area contributed by atoms with Crippen molar-refractivity contribution in [1.82, 2.24) is 25.0 Å². The Morgan fingerprint density at radius 1 is 1.29 bits per heavy atom. The van der Waals surface area contributed by atoms with Gasteiger partial charge in [0.2, 0.25) is 0 Å². The Balaban J connectivity index is 1.50. The van der Waals surface area contributed by atoms with Gasteiger partial charge in [-0.05, 0) is 70.6 Å². The number of H-pyrrole nitrogens is 1. The quantitative estimate of drug-likeness (QED) is 0.372. The fraction of sp³-hybridized carbons (Fsp3) is 0.500. The summed E-state index contributed by atoms with van der Waals surface area (Å²) in [4.78, 5) is 30.9. The standard InChI is InChI=1S/C26H34BrN5O3/c1-17-11-18(16-35-10-6-9-31(2)3)22(26(34)30-17)14-28-25(33)21-12-19(27)13-24-23(21)15-29-32(24)20-7-4-5-8-20/h11-13,15,20H,4-10,14,16H2,1-3H3,(H,28,33)(H,30,34). The number of amides is 1. The van der Waals surface area contributed by atoms with E-state index in [9.17, 15) is 9.59 Å². The van der Waals surface area contributed by atoms with E-state index in [4.69, 9.17) is 4.74 Å². The van der Waals surface area contributed by atoms with E-state index in [0.29, 0.717) is 30.4 Å². The number of fused-ring (bicyclic) bond motifs is 1. The number of aromatic nitrogens is 3. The molecule has 1 amide bonds. The number of hydrogen-bond acceptors (Lipinski definition) is 5. The van der Waals surface area contributed by atoms with Crippen molar-refractivity contribution in [2.75, 3.05) is 27.2 Å². The predicted molar refractivity (Wildman–Crippen MR) is 141 cm³/mol. The van der Waals surface area contributed by atoms with Crippen molar-refractivity contribution >= 4 is 32.7 Å². The van der Waals surface area contributed by atoms with Gasteiger partial charge in [0, 0.05) is 34.3 Å². The fourth-order valence-electron chi connectivity index (χ4n) is 4.78. The van der Waals surface area contributed by atoms with E-state index >= 15 is 0 Å². The number of carbonyl (C=O) groups is 1. The van der Waals surface area contributed by atoms with Crippen LogP contribution in [-0.2, 0) is 17.9 Å². The molecule has 1 saturated carbocycles. The van der Waals surface area contributed by atoms with Gasteiger partial charge in [-0.15, -0.1) is 0 Å². The van der Waals surface area contributed by atoms with Crippen LogP contribution in [0.15, 0.2) is 33.7 Å².